The maximum atomic E-state index is 13.9. The first-order valence-electron chi connectivity index (χ1n) is 9.18. The molecule has 152 valence electrons. The van der Waals surface area contributed by atoms with Crippen molar-refractivity contribution in [2.75, 3.05) is 6.26 Å². The average molecular weight is 411 g/mol. The van der Waals surface area contributed by atoms with Crippen LogP contribution in [-0.2, 0) is 15.8 Å². The molecule has 1 aromatic rings. The van der Waals surface area contributed by atoms with Crippen LogP contribution in [0.2, 0.25) is 0 Å². The molecule has 0 radical (unpaired) electrons. The third-order valence-electron chi connectivity index (χ3n) is 4.73. The van der Waals surface area contributed by atoms with Gasteiger partial charge >= 0.3 is 0 Å². The fraction of sp³-hybridized carbons (Fsp3) is 0.526. The van der Waals surface area contributed by atoms with Crippen LogP contribution in [0.1, 0.15) is 60.9 Å². The molecule has 1 amide bonds. The van der Waals surface area contributed by atoms with Gasteiger partial charge in [-0.15, -0.1) is 0 Å². The molecule has 9 heteroatoms. The lowest BCUT2D eigenvalue weighted by molar-refractivity contribution is 0.0119. The third-order valence-corrected chi connectivity index (χ3v) is 5.38. The van der Waals surface area contributed by atoms with E-state index in [1.54, 1.807) is 0 Å². The highest BCUT2D eigenvalue weighted by Crippen LogP contribution is 2.35. The summed E-state index contributed by atoms with van der Waals surface area (Å²) >= 11 is 0. The quantitative estimate of drug-likeness (QED) is 0.744. The van der Waals surface area contributed by atoms with E-state index in [2.05, 4.69) is 15.3 Å². The van der Waals surface area contributed by atoms with Gasteiger partial charge in [0.2, 0.25) is 0 Å². The Morgan fingerprint density at radius 2 is 2.11 bits per heavy atom. The minimum absolute atomic E-state index is 0.0609. The zero-order valence-corrected chi connectivity index (χ0v) is 16.6. The molecule has 3 rings (SSSR count). The first-order valence-corrected chi connectivity index (χ1v) is 11.1. The van der Waals surface area contributed by atoms with Crippen molar-refractivity contribution in [3.63, 3.8) is 0 Å². The van der Waals surface area contributed by atoms with Crippen LogP contribution in [0, 0.1) is 5.92 Å². The van der Waals surface area contributed by atoms with Crippen LogP contribution in [0.25, 0.3) is 5.57 Å². The standard InChI is InChI=1S/C19H23F2N3O3S/c1-19(20,21)17-16(13-5-3-4-6-13)23-15(11-22-17)18(25)24-14(12-7-8-12)9-10-28(2,26)27/h5,9-12,14H,3-4,6-8H2,1-2H3,(H,24,25)/b10-9+/t14-/m1/s1. The second-order valence-corrected chi connectivity index (χ2v) is 9.39. The SMILES string of the molecule is CC(F)(F)c1ncc(C(=O)N[C@H](/C=C/S(C)(=O)=O)C2CC2)nc1C1=CCCC1. The largest absolute Gasteiger partial charge is 0.344 e. The normalized spacial score (nSPS) is 18.9. The molecule has 0 saturated heterocycles. The van der Waals surface area contributed by atoms with Gasteiger partial charge in [-0.1, -0.05) is 12.2 Å². The second kappa shape index (κ2) is 7.69. The molecule has 0 aromatic carbocycles. The Morgan fingerprint density at radius 1 is 1.39 bits per heavy atom. The summed E-state index contributed by atoms with van der Waals surface area (Å²) in [6.45, 7) is 0.759. The van der Waals surface area contributed by atoms with Crippen molar-refractivity contribution in [3.05, 3.63) is 40.8 Å². The van der Waals surface area contributed by atoms with Crippen molar-refractivity contribution < 1.29 is 22.0 Å². The Balaban J connectivity index is 1.87. The van der Waals surface area contributed by atoms with Gasteiger partial charge in [0.25, 0.3) is 11.8 Å². The maximum absolute atomic E-state index is 13.9. The number of carbonyl (C=O) groups excluding carboxylic acids is 1. The summed E-state index contributed by atoms with van der Waals surface area (Å²) in [5, 5.41) is 3.81. The van der Waals surface area contributed by atoms with Gasteiger partial charge in [-0.2, -0.15) is 8.78 Å². The molecule has 1 N–H and O–H groups in total. The monoisotopic (exact) mass is 411 g/mol. The molecule has 2 aliphatic carbocycles. The summed E-state index contributed by atoms with van der Waals surface area (Å²) in [7, 11) is -3.32. The molecule has 0 unspecified atom stereocenters. The van der Waals surface area contributed by atoms with Crippen LogP contribution in [0.4, 0.5) is 8.78 Å². The first kappa shape index (κ1) is 20.6. The Labute approximate surface area is 163 Å². The van der Waals surface area contributed by atoms with Crippen LogP contribution in [-0.4, -0.2) is 36.6 Å². The molecule has 0 aliphatic heterocycles. The summed E-state index contributed by atoms with van der Waals surface area (Å²) in [6, 6.07) is -0.453. The fourth-order valence-electron chi connectivity index (χ4n) is 3.16. The number of nitrogens with zero attached hydrogens (tertiary/aromatic N) is 2. The molecule has 1 saturated carbocycles. The van der Waals surface area contributed by atoms with Gasteiger partial charge in [0, 0.05) is 18.6 Å². The van der Waals surface area contributed by atoms with Gasteiger partial charge in [0.15, 0.2) is 9.84 Å². The Hall–Kier alpha value is -2.16. The maximum Gasteiger partial charge on any atom is 0.289 e. The van der Waals surface area contributed by atoms with Gasteiger partial charge < -0.3 is 5.32 Å². The number of aromatic nitrogens is 2. The van der Waals surface area contributed by atoms with E-state index in [9.17, 15) is 22.0 Å². The smallest absolute Gasteiger partial charge is 0.289 e. The molecule has 2 aliphatic rings. The number of halogens is 2. The third kappa shape index (κ3) is 5.21. The Kier molecular flexibility index (Phi) is 5.65. The van der Waals surface area contributed by atoms with E-state index in [0.29, 0.717) is 12.0 Å². The number of sulfone groups is 1. The van der Waals surface area contributed by atoms with Crippen molar-refractivity contribution in [3.8, 4) is 0 Å². The van der Waals surface area contributed by atoms with Crippen molar-refractivity contribution in [1.29, 1.82) is 0 Å². The summed E-state index contributed by atoms with van der Waals surface area (Å²) in [5.41, 5.74) is 0.240. The Bertz CT molecular complexity index is 932. The van der Waals surface area contributed by atoms with Crippen LogP contribution in [0.5, 0.6) is 0 Å². The molecule has 1 atom stereocenters. The van der Waals surface area contributed by atoms with Crippen LogP contribution >= 0.6 is 0 Å². The van der Waals surface area contributed by atoms with Gasteiger partial charge in [0.1, 0.15) is 11.4 Å². The molecule has 0 spiro atoms. The Morgan fingerprint density at radius 3 is 2.64 bits per heavy atom. The minimum atomic E-state index is -3.32. The molecule has 1 aromatic heterocycles. The van der Waals surface area contributed by atoms with Crippen molar-refractivity contribution in [2.45, 2.75) is 51.0 Å². The van der Waals surface area contributed by atoms with E-state index in [1.165, 1.54) is 6.08 Å². The number of alkyl halides is 2. The lowest BCUT2D eigenvalue weighted by atomic mass is 10.1. The van der Waals surface area contributed by atoms with Gasteiger partial charge in [-0.3, -0.25) is 9.78 Å². The lowest BCUT2D eigenvalue weighted by Crippen LogP contribution is -2.36. The minimum Gasteiger partial charge on any atom is -0.344 e. The number of nitrogens with one attached hydrogen (secondary N) is 1. The second-order valence-electron chi connectivity index (χ2n) is 7.46. The molecule has 1 fully saturated rings. The molecular formula is C19H23F2N3O3S. The molecule has 28 heavy (non-hydrogen) atoms. The predicted octanol–water partition coefficient (Wildman–Crippen LogP) is 3.22. The average Bonchev–Trinajstić information content (AvgIpc) is 3.29. The number of carbonyl (C=O) groups is 1. The summed E-state index contributed by atoms with van der Waals surface area (Å²) in [4.78, 5) is 20.7. The van der Waals surface area contributed by atoms with Gasteiger partial charge in [-0.25, -0.2) is 13.4 Å². The van der Waals surface area contributed by atoms with Crippen LogP contribution in [0.15, 0.2) is 23.8 Å². The molecule has 6 nitrogen and oxygen atoms in total. The van der Waals surface area contributed by atoms with Crippen LogP contribution in [0.3, 0.4) is 0 Å². The van der Waals surface area contributed by atoms with Crippen molar-refractivity contribution >= 4 is 21.3 Å². The zero-order valence-electron chi connectivity index (χ0n) is 15.8. The fourth-order valence-corrected chi connectivity index (χ4v) is 3.62. The number of rotatable bonds is 7. The van der Waals surface area contributed by atoms with Crippen LogP contribution < -0.4 is 5.32 Å². The number of hydrogen-bond donors (Lipinski definition) is 1. The van der Waals surface area contributed by atoms with Crippen molar-refractivity contribution in [2.24, 2.45) is 5.92 Å². The van der Waals surface area contributed by atoms with E-state index in [4.69, 9.17) is 0 Å². The number of amides is 1. The van der Waals surface area contributed by atoms with E-state index in [-0.39, 0.29) is 17.3 Å². The number of allylic oxidation sites excluding steroid dienone is 2. The summed E-state index contributed by atoms with van der Waals surface area (Å²) in [6.07, 6.45) is 9.43. The molecule has 1 heterocycles. The molecular weight excluding hydrogens is 388 g/mol. The number of hydrogen-bond acceptors (Lipinski definition) is 5. The van der Waals surface area contributed by atoms with E-state index in [1.807, 2.05) is 6.08 Å². The topological polar surface area (TPSA) is 89.0 Å². The first-order chi connectivity index (χ1) is 13.0. The highest BCUT2D eigenvalue weighted by atomic mass is 32.2. The summed E-state index contributed by atoms with van der Waals surface area (Å²) in [5.74, 6) is -3.57. The highest BCUT2D eigenvalue weighted by Gasteiger charge is 2.34. The van der Waals surface area contributed by atoms with E-state index in [0.717, 1.165) is 50.5 Å². The highest BCUT2D eigenvalue weighted by molar-refractivity contribution is 7.93. The molecule has 0 bridgehead atoms. The van der Waals surface area contributed by atoms with E-state index < -0.39 is 33.4 Å². The predicted molar refractivity (Wildman–Crippen MR) is 101 cm³/mol. The van der Waals surface area contributed by atoms with Gasteiger partial charge in [-0.05, 0) is 43.6 Å². The van der Waals surface area contributed by atoms with E-state index >= 15 is 0 Å². The van der Waals surface area contributed by atoms with Gasteiger partial charge in [0.05, 0.1) is 17.9 Å². The zero-order chi connectivity index (χ0) is 20.5. The lowest BCUT2D eigenvalue weighted by Gasteiger charge is -2.17. The van der Waals surface area contributed by atoms with Crippen molar-refractivity contribution in [1.82, 2.24) is 15.3 Å². The summed E-state index contributed by atoms with van der Waals surface area (Å²) < 4.78 is 50.6.